The van der Waals surface area contributed by atoms with Crippen molar-refractivity contribution in [2.45, 2.75) is 52.6 Å². The Morgan fingerprint density at radius 1 is 1.47 bits per heavy atom. The zero-order chi connectivity index (χ0) is 11.6. The molecular weight excluding hydrogens is 188 g/mol. The fourth-order valence-corrected chi connectivity index (χ4v) is 1.44. The van der Waals surface area contributed by atoms with Gasteiger partial charge in [-0.2, -0.15) is 0 Å². The summed E-state index contributed by atoms with van der Waals surface area (Å²) in [6.07, 6.45) is 2.46. The summed E-state index contributed by atoms with van der Waals surface area (Å²) < 4.78 is 0. The maximum atomic E-state index is 11.8. The molecule has 1 rings (SSSR count). The van der Waals surface area contributed by atoms with Gasteiger partial charge in [-0.1, -0.05) is 20.8 Å². The zero-order valence-corrected chi connectivity index (χ0v) is 10.6. The lowest BCUT2D eigenvalue weighted by atomic mass is 9.87. The van der Waals surface area contributed by atoms with Gasteiger partial charge >= 0.3 is 0 Å². The largest absolute Gasteiger partial charge is 0.341 e. The lowest BCUT2D eigenvalue weighted by molar-refractivity contribution is -0.132. The summed E-state index contributed by atoms with van der Waals surface area (Å²) in [4.78, 5) is 13.7. The van der Waals surface area contributed by atoms with Gasteiger partial charge in [-0.25, -0.2) is 0 Å². The van der Waals surface area contributed by atoms with E-state index >= 15 is 0 Å². The van der Waals surface area contributed by atoms with Crippen LogP contribution in [0, 0.1) is 5.41 Å². The van der Waals surface area contributed by atoms with E-state index in [-0.39, 0.29) is 17.4 Å². The maximum absolute atomic E-state index is 11.8. The highest BCUT2D eigenvalue weighted by Gasteiger charge is 2.28. The quantitative estimate of drug-likeness (QED) is 0.768. The Kier molecular flexibility index (Phi) is 3.77. The molecule has 1 unspecified atom stereocenters. The molecule has 0 aliphatic heterocycles. The van der Waals surface area contributed by atoms with Crippen LogP contribution in [0.1, 0.15) is 40.5 Å². The standard InChI is InChI=1S/C12H24N2O/c1-9(12(2,3)4)14(5)11(15)8-13-10-6-7-10/h9-10,13H,6-8H2,1-5H3. The minimum atomic E-state index is 0.143. The number of nitrogens with zero attached hydrogens (tertiary/aromatic N) is 1. The normalized spacial score (nSPS) is 18.7. The number of likely N-dealkylation sites (N-methyl/N-ethyl adjacent to an activating group) is 1. The molecule has 15 heavy (non-hydrogen) atoms. The Hall–Kier alpha value is -0.570. The van der Waals surface area contributed by atoms with Crippen LogP contribution in [0.25, 0.3) is 0 Å². The summed E-state index contributed by atoms with van der Waals surface area (Å²) in [5.41, 5.74) is 0.143. The predicted molar refractivity (Wildman–Crippen MR) is 62.7 cm³/mol. The summed E-state index contributed by atoms with van der Waals surface area (Å²) in [6, 6.07) is 0.873. The molecule has 0 saturated heterocycles. The number of hydrogen-bond acceptors (Lipinski definition) is 2. The van der Waals surface area contributed by atoms with E-state index in [0.29, 0.717) is 12.6 Å². The molecule has 1 saturated carbocycles. The zero-order valence-electron chi connectivity index (χ0n) is 10.6. The molecular formula is C12H24N2O. The number of rotatable bonds is 4. The minimum Gasteiger partial charge on any atom is -0.341 e. The molecule has 3 heteroatoms. The average Bonchev–Trinajstić information content (AvgIpc) is 2.93. The Bertz CT molecular complexity index is 228. The van der Waals surface area contributed by atoms with Crippen LogP contribution in [0.3, 0.4) is 0 Å². The van der Waals surface area contributed by atoms with Gasteiger partial charge in [0.1, 0.15) is 0 Å². The summed E-state index contributed by atoms with van der Waals surface area (Å²) in [5.74, 6) is 0.198. The second kappa shape index (κ2) is 4.52. The number of carbonyl (C=O) groups excluding carboxylic acids is 1. The molecule has 0 aromatic rings. The average molecular weight is 212 g/mol. The number of carbonyl (C=O) groups is 1. The first kappa shape index (κ1) is 12.5. The van der Waals surface area contributed by atoms with Crippen molar-refractivity contribution in [1.29, 1.82) is 0 Å². The molecule has 1 N–H and O–H groups in total. The molecule has 1 aliphatic rings. The summed E-state index contributed by atoms with van der Waals surface area (Å²) >= 11 is 0. The summed E-state index contributed by atoms with van der Waals surface area (Å²) in [7, 11) is 1.90. The third kappa shape index (κ3) is 3.82. The molecule has 0 bridgehead atoms. The monoisotopic (exact) mass is 212 g/mol. The number of nitrogens with one attached hydrogen (secondary N) is 1. The van der Waals surface area contributed by atoms with Crippen molar-refractivity contribution >= 4 is 5.91 Å². The fourth-order valence-electron chi connectivity index (χ4n) is 1.44. The van der Waals surface area contributed by atoms with Gasteiger partial charge in [0.25, 0.3) is 0 Å². The van der Waals surface area contributed by atoms with E-state index in [2.05, 4.69) is 33.0 Å². The summed E-state index contributed by atoms with van der Waals surface area (Å²) in [5, 5.41) is 3.25. The van der Waals surface area contributed by atoms with Crippen LogP contribution in [-0.4, -0.2) is 36.5 Å². The Balaban J connectivity index is 2.36. The second-order valence-electron chi connectivity index (χ2n) is 5.70. The predicted octanol–water partition coefficient (Wildman–Crippen LogP) is 1.63. The molecule has 0 heterocycles. The SMILES string of the molecule is CC(N(C)C(=O)CNC1CC1)C(C)(C)C. The van der Waals surface area contributed by atoms with Gasteiger partial charge in [0.2, 0.25) is 5.91 Å². The minimum absolute atomic E-state index is 0.143. The number of hydrogen-bond donors (Lipinski definition) is 1. The molecule has 1 atom stereocenters. The highest BCUT2D eigenvalue weighted by molar-refractivity contribution is 5.78. The Morgan fingerprint density at radius 3 is 2.40 bits per heavy atom. The van der Waals surface area contributed by atoms with Crippen molar-refractivity contribution < 1.29 is 4.79 Å². The molecule has 88 valence electrons. The van der Waals surface area contributed by atoms with E-state index in [4.69, 9.17) is 0 Å². The van der Waals surface area contributed by atoms with Crippen LogP contribution in [0.2, 0.25) is 0 Å². The topological polar surface area (TPSA) is 32.3 Å². The van der Waals surface area contributed by atoms with Crippen LogP contribution < -0.4 is 5.32 Å². The van der Waals surface area contributed by atoms with E-state index in [1.807, 2.05) is 11.9 Å². The Morgan fingerprint density at radius 2 is 2.00 bits per heavy atom. The van der Waals surface area contributed by atoms with Crippen LogP contribution in [0.15, 0.2) is 0 Å². The Labute approximate surface area is 93.2 Å². The van der Waals surface area contributed by atoms with Crippen LogP contribution >= 0.6 is 0 Å². The van der Waals surface area contributed by atoms with Gasteiger partial charge in [-0.05, 0) is 25.2 Å². The molecule has 0 aromatic carbocycles. The van der Waals surface area contributed by atoms with Crippen molar-refractivity contribution in [1.82, 2.24) is 10.2 Å². The fraction of sp³-hybridized carbons (Fsp3) is 0.917. The van der Waals surface area contributed by atoms with Crippen molar-refractivity contribution in [3.8, 4) is 0 Å². The van der Waals surface area contributed by atoms with Crippen molar-refractivity contribution in [3.05, 3.63) is 0 Å². The first-order chi connectivity index (χ1) is 6.82. The van der Waals surface area contributed by atoms with Gasteiger partial charge < -0.3 is 10.2 Å². The lowest BCUT2D eigenvalue weighted by Gasteiger charge is -2.35. The smallest absolute Gasteiger partial charge is 0.236 e. The van der Waals surface area contributed by atoms with E-state index < -0.39 is 0 Å². The van der Waals surface area contributed by atoms with Crippen molar-refractivity contribution in [2.75, 3.05) is 13.6 Å². The van der Waals surface area contributed by atoms with Crippen LogP contribution in [0.5, 0.6) is 0 Å². The molecule has 0 aromatic heterocycles. The highest BCUT2D eigenvalue weighted by Crippen LogP contribution is 2.23. The van der Waals surface area contributed by atoms with E-state index in [1.54, 1.807) is 0 Å². The van der Waals surface area contributed by atoms with E-state index in [1.165, 1.54) is 12.8 Å². The van der Waals surface area contributed by atoms with E-state index in [0.717, 1.165) is 0 Å². The first-order valence-electron chi connectivity index (χ1n) is 5.81. The number of amides is 1. The van der Waals surface area contributed by atoms with Gasteiger partial charge in [0.05, 0.1) is 6.54 Å². The van der Waals surface area contributed by atoms with Crippen molar-refractivity contribution in [3.63, 3.8) is 0 Å². The second-order valence-corrected chi connectivity index (χ2v) is 5.70. The third-order valence-electron chi connectivity index (χ3n) is 3.35. The van der Waals surface area contributed by atoms with Crippen LogP contribution in [-0.2, 0) is 4.79 Å². The lowest BCUT2D eigenvalue weighted by Crippen LogP contribution is -2.46. The molecule has 1 fully saturated rings. The maximum Gasteiger partial charge on any atom is 0.236 e. The molecule has 3 nitrogen and oxygen atoms in total. The molecule has 1 aliphatic carbocycles. The third-order valence-corrected chi connectivity index (χ3v) is 3.35. The highest BCUT2D eigenvalue weighted by atomic mass is 16.2. The van der Waals surface area contributed by atoms with Gasteiger partial charge in [-0.3, -0.25) is 4.79 Å². The van der Waals surface area contributed by atoms with Gasteiger partial charge in [0.15, 0.2) is 0 Å². The van der Waals surface area contributed by atoms with Crippen molar-refractivity contribution in [2.24, 2.45) is 5.41 Å². The molecule has 0 radical (unpaired) electrons. The van der Waals surface area contributed by atoms with Crippen LogP contribution in [0.4, 0.5) is 0 Å². The molecule has 0 spiro atoms. The molecule has 1 amide bonds. The van der Waals surface area contributed by atoms with Gasteiger partial charge in [-0.15, -0.1) is 0 Å². The summed E-state index contributed by atoms with van der Waals surface area (Å²) in [6.45, 7) is 9.08. The van der Waals surface area contributed by atoms with E-state index in [9.17, 15) is 4.79 Å². The first-order valence-corrected chi connectivity index (χ1v) is 5.81. The van der Waals surface area contributed by atoms with Gasteiger partial charge in [0, 0.05) is 19.1 Å².